The fourth-order valence-electron chi connectivity index (χ4n) is 2.86. The quantitative estimate of drug-likeness (QED) is 0.781. The second-order valence-electron chi connectivity index (χ2n) is 5.66. The number of carboxylic acid groups (broad SMARTS) is 1. The zero-order valence-electron chi connectivity index (χ0n) is 12.4. The molecule has 0 bridgehead atoms. The van der Waals surface area contributed by atoms with Gasteiger partial charge >= 0.3 is 12.0 Å². The predicted octanol–water partition coefficient (Wildman–Crippen LogP) is 1.38. The number of hydrogen-bond acceptors (Lipinski definition) is 3. The Morgan fingerprint density at radius 1 is 1.48 bits per heavy atom. The number of nitrogens with zero attached hydrogens (tertiary/aromatic N) is 2. The van der Waals surface area contributed by atoms with Crippen LogP contribution in [0.15, 0.2) is 12.5 Å². The first-order valence-corrected chi connectivity index (χ1v) is 7.28. The van der Waals surface area contributed by atoms with E-state index in [4.69, 9.17) is 0 Å². The first-order valence-electron chi connectivity index (χ1n) is 7.28. The highest BCUT2D eigenvalue weighted by molar-refractivity contribution is 5.83. The Morgan fingerprint density at radius 3 is 2.67 bits per heavy atom. The van der Waals surface area contributed by atoms with Crippen molar-refractivity contribution in [1.82, 2.24) is 20.2 Å². The van der Waals surface area contributed by atoms with Gasteiger partial charge in [-0.1, -0.05) is 0 Å². The minimum atomic E-state index is -1.05. The van der Waals surface area contributed by atoms with Crippen molar-refractivity contribution in [2.75, 3.05) is 0 Å². The van der Waals surface area contributed by atoms with Gasteiger partial charge in [-0.15, -0.1) is 0 Å². The molecule has 7 heteroatoms. The van der Waals surface area contributed by atoms with Gasteiger partial charge in [0.05, 0.1) is 6.33 Å². The molecule has 1 aromatic heterocycles. The third kappa shape index (κ3) is 3.74. The number of aliphatic carboxylic acids is 1. The molecule has 3 atom stereocenters. The number of H-pyrrole nitrogens is 1. The third-order valence-corrected chi connectivity index (χ3v) is 4.00. The number of hydrogen-bond donors (Lipinski definition) is 3. The summed E-state index contributed by atoms with van der Waals surface area (Å²) in [6, 6.07) is -0.994. The van der Waals surface area contributed by atoms with Crippen molar-refractivity contribution >= 4 is 12.0 Å². The lowest BCUT2D eigenvalue weighted by Gasteiger charge is -2.39. The van der Waals surface area contributed by atoms with E-state index in [1.807, 2.05) is 13.8 Å². The van der Waals surface area contributed by atoms with Crippen LogP contribution in [0.3, 0.4) is 0 Å². The van der Waals surface area contributed by atoms with Gasteiger partial charge in [0, 0.05) is 30.4 Å². The molecule has 2 rings (SSSR count). The zero-order chi connectivity index (χ0) is 15.4. The molecule has 0 aromatic carbocycles. The lowest BCUT2D eigenvalue weighted by Crippen LogP contribution is -2.55. The molecule has 21 heavy (non-hydrogen) atoms. The predicted molar refractivity (Wildman–Crippen MR) is 76.9 cm³/mol. The zero-order valence-corrected chi connectivity index (χ0v) is 12.4. The number of carboxylic acids is 1. The van der Waals surface area contributed by atoms with Crippen molar-refractivity contribution in [3.05, 3.63) is 18.2 Å². The molecule has 0 radical (unpaired) electrons. The lowest BCUT2D eigenvalue weighted by molar-refractivity contribution is -0.139. The van der Waals surface area contributed by atoms with E-state index < -0.39 is 12.0 Å². The highest BCUT2D eigenvalue weighted by atomic mass is 16.4. The number of nitrogens with one attached hydrogen (secondary N) is 2. The summed E-state index contributed by atoms with van der Waals surface area (Å²) in [5, 5.41) is 11.9. The van der Waals surface area contributed by atoms with E-state index >= 15 is 0 Å². The summed E-state index contributed by atoms with van der Waals surface area (Å²) in [4.78, 5) is 32.2. The van der Waals surface area contributed by atoms with Crippen molar-refractivity contribution in [1.29, 1.82) is 0 Å². The topological polar surface area (TPSA) is 98.3 Å². The van der Waals surface area contributed by atoms with Crippen LogP contribution in [0.5, 0.6) is 0 Å². The maximum absolute atomic E-state index is 12.4. The van der Waals surface area contributed by atoms with Gasteiger partial charge in [0.25, 0.3) is 0 Å². The van der Waals surface area contributed by atoms with E-state index in [9.17, 15) is 14.7 Å². The van der Waals surface area contributed by atoms with Crippen molar-refractivity contribution in [2.24, 2.45) is 0 Å². The van der Waals surface area contributed by atoms with Gasteiger partial charge < -0.3 is 20.3 Å². The van der Waals surface area contributed by atoms with Crippen molar-refractivity contribution in [3.63, 3.8) is 0 Å². The summed E-state index contributed by atoms with van der Waals surface area (Å²) in [5.74, 6) is -1.05. The molecule has 0 saturated carbocycles. The number of likely N-dealkylation sites (tertiary alicyclic amines) is 1. The number of amides is 2. The maximum atomic E-state index is 12.4. The molecule has 1 aliphatic rings. The van der Waals surface area contributed by atoms with E-state index in [-0.39, 0.29) is 24.5 Å². The summed E-state index contributed by atoms with van der Waals surface area (Å²) in [7, 11) is 0. The molecule has 3 N–H and O–H groups in total. The van der Waals surface area contributed by atoms with Crippen LogP contribution < -0.4 is 5.32 Å². The monoisotopic (exact) mass is 294 g/mol. The van der Waals surface area contributed by atoms with Crippen LogP contribution in [0.2, 0.25) is 0 Å². The summed E-state index contributed by atoms with van der Waals surface area (Å²) in [5.41, 5.74) is 0.683. The molecule has 116 valence electrons. The van der Waals surface area contributed by atoms with E-state index in [2.05, 4.69) is 15.3 Å². The molecule has 1 fully saturated rings. The largest absolute Gasteiger partial charge is 0.480 e. The number of imidazole rings is 1. The van der Waals surface area contributed by atoms with Crippen molar-refractivity contribution < 1.29 is 14.7 Å². The highest BCUT2D eigenvalue weighted by Gasteiger charge is 2.31. The lowest BCUT2D eigenvalue weighted by atomic mass is 9.98. The van der Waals surface area contributed by atoms with Crippen LogP contribution >= 0.6 is 0 Å². The molecule has 1 saturated heterocycles. The molecule has 7 nitrogen and oxygen atoms in total. The smallest absolute Gasteiger partial charge is 0.326 e. The van der Waals surface area contributed by atoms with Crippen LogP contribution in [0.1, 0.15) is 38.8 Å². The van der Waals surface area contributed by atoms with E-state index in [1.165, 1.54) is 6.33 Å². The average Bonchev–Trinajstić information content (AvgIpc) is 2.90. The van der Waals surface area contributed by atoms with Gasteiger partial charge in [-0.2, -0.15) is 0 Å². The van der Waals surface area contributed by atoms with E-state index in [0.29, 0.717) is 5.69 Å². The first kappa shape index (κ1) is 15.3. The number of piperidine rings is 1. The molecular weight excluding hydrogens is 272 g/mol. The van der Waals surface area contributed by atoms with Crippen LogP contribution in [0.4, 0.5) is 4.79 Å². The Bertz CT molecular complexity index is 478. The standard InChI is InChI=1S/C14H22N4O3/c1-9-4-3-5-10(2)18(9)14(21)17-12(13(19)20)6-11-7-15-8-16-11/h7-10,12H,3-6H2,1-2H3,(H,15,16)(H,17,21)(H,19,20). The Labute approximate surface area is 123 Å². The van der Waals surface area contributed by atoms with Gasteiger partial charge in [0.15, 0.2) is 0 Å². The first-order chi connectivity index (χ1) is 9.99. The molecule has 1 aromatic rings. The second kappa shape index (κ2) is 6.60. The van der Waals surface area contributed by atoms with Crippen LogP contribution in [-0.4, -0.2) is 50.1 Å². The Balaban J connectivity index is 2.02. The minimum Gasteiger partial charge on any atom is -0.480 e. The minimum absolute atomic E-state index is 0.135. The SMILES string of the molecule is CC1CCCC(C)N1C(=O)NC(Cc1cnc[nH]1)C(=O)O. The fourth-order valence-corrected chi connectivity index (χ4v) is 2.86. The molecule has 0 aliphatic carbocycles. The summed E-state index contributed by atoms with van der Waals surface area (Å²) in [6.07, 6.45) is 6.26. The number of urea groups is 1. The van der Waals surface area contributed by atoms with Gasteiger partial charge in [-0.05, 0) is 33.1 Å². The van der Waals surface area contributed by atoms with Gasteiger partial charge in [-0.25, -0.2) is 14.6 Å². The number of carbonyl (C=O) groups excluding carboxylic acids is 1. The fraction of sp³-hybridized carbons (Fsp3) is 0.643. The molecular formula is C14H22N4O3. The van der Waals surface area contributed by atoms with Gasteiger partial charge in [-0.3, -0.25) is 0 Å². The van der Waals surface area contributed by atoms with E-state index in [0.717, 1.165) is 19.3 Å². The summed E-state index contributed by atoms with van der Waals surface area (Å²) in [6.45, 7) is 4.00. The second-order valence-corrected chi connectivity index (χ2v) is 5.66. The van der Waals surface area contributed by atoms with Crippen LogP contribution in [0.25, 0.3) is 0 Å². The molecule has 0 spiro atoms. The number of rotatable bonds is 4. The Kier molecular flexibility index (Phi) is 4.82. The maximum Gasteiger partial charge on any atom is 0.326 e. The number of aromatic amines is 1. The molecule has 2 heterocycles. The average molecular weight is 294 g/mol. The van der Waals surface area contributed by atoms with Crippen molar-refractivity contribution in [2.45, 2.75) is 57.7 Å². The van der Waals surface area contributed by atoms with Crippen LogP contribution in [-0.2, 0) is 11.2 Å². The van der Waals surface area contributed by atoms with Crippen LogP contribution in [0, 0.1) is 0 Å². The van der Waals surface area contributed by atoms with E-state index in [1.54, 1.807) is 11.1 Å². The van der Waals surface area contributed by atoms with Gasteiger partial charge in [0.1, 0.15) is 6.04 Å². The van der Waals surface area contributed by atoms with Crippen molar-refractivity contribution in [3.8, 4) is 0 Å². The van der Waals surface area contributed by atoms with Gasteiger partial charge in [0.2, 0.25) is 0 Å². The molecule has 2 amide bonds. The third-order valence-electron chi connectivity index (χ3n) is 4.00. The normalized spacial score (nSPS) is 23.6. The molecule has 3 unspecified atom stereocenters. The Hall–Kier alpha value is -2.05. The number of aromatic nitrogens is 2. The number of carbonyl (C=O) groups is 2. The summed E-state index contributed by atoms with van der Waals surface area (Å²) < 4.78 is 0. The highest BCUT2D eigenvalue weighted by Crippen LogP contribution is 2.22. The Morgan fingerprint density at radius 2 is 2.14 bits per heavy atom. The summed E-state index contributed by atoms with van der Waals surface area (Å²) >= 11 is 0. The molecule has 1 aliphatic heterocycles.